The van der Waals surface area contributed by atoms with E-state index in [1.807, 2.05) is 0 Å². The number of rotatable bonds is 12. The predicted octanol–water partition coefficient (Wildman–Crippen LogP) is 3.61. The van der Waals surface area contributed by atoms with Gasteiger partial charge in [-0.3, -0.25) is 0 Å². The third-order valence-corrected chi connectivity index (χ3v) is 3.21. The van der Waals surface area contributed by atoms with Gasteiger partial charge in [0.2, 0.25) is 0 Å². The van der Waals surface area contributed by atoms with Crippen LogP contribution in [-0.4, -0.2) is 26.8 Å². The van der Waals surface area contributed by atoms with Crippen LogP contribution in [-0.2, 0) is 4.74 Å². The molecule has 0 bridgehead atoms. The van der Waals surface area contributed by atoms with Crippen molar-refractivity contribution in [2.45, 2.75) is 58.8 Å². The van der Waals surface area contributed by atoms with Gasteiger partial charge in [0.15, 0.2) is 0 Å². The van der Waals surface area contributed by atoms with Crippen molar-refractivity contribution in [1.82, 2.24) is 5.32 Å². The van der Waals surface area contributed by atoms with Crippen molar-refractivity contribution in [2.24, 2.45) is 5.92 Å². The van der Waals surface area contributed by atoms with Crippen molar-refractivity contribution >= 4 is 0 Å². The molecule has 16 heavy (non-hydrogen) atoms. The Balaban J connectivity index is 3.29. The van der Waals surface area contributed by atoms with E-state index in [0.29, 0.717) is 0 Å². The molecule has 0 aromatic carbocycles. The maximum absolute atomic E-state index is 5.02. The largest absolute Gasteiger partial charge is 0.383 e. The van der Waals surface area contributed by atoms with E-state index in [0.717, 1.165) is 25.6 Å². The Bertz CT molecular complexity index is 128. The van der Waals surface area contributed by atoms with E-state index >= 15 is 0 Å². The van der Waals surface area contributed by atoms with Gasteiger partial charge in [0.25, 0.3) is 0 Å². The SMILES string of the molecule is CCCCCCCC(CC)CNCCOC. The number of ether oxygens (including phenoxy) is 1. The molecule has 0 rings (SSSR count). The molecule has 2 nitrogen and oxygen atoms in total. The summed E-state index contributed by atoms with van der Waals surface area (Å²) < 4.78 is 5.02. The Labute approximate surface area is 102 Å². The number of hydrogen-bond acceptors (Lipinski definition) is 2. The molecular weight excluding hydrogens is 198 g/mol. The average Bonchev–Trinajstić information content (AvgIpc) is 2.31. The number of hydrogen-bond donors (Lipinski definition) is 1. The molecule has 0 heterocycles. The van der Waals surface area contributed by atoms with Gasteiger partial charge in [-0.1, -0.05) is 52.4 Å². The normalized spacial score (nSPS) is 12.9. The Kier molecular flexibility index (Phi) is 12.9. The smallest absolute Gasteiger partial charge is 0.0587 e. The maximum Gasteiger partial charge on any atom is 0.0587 e. The molecule has 0 aromatic rings. The summed E-state index contributed by atoms with van der Waals surface area (Å²) in [6.45, 7) is 7.55. The van der Waals surface area contributed by atoms with Crippen molar-refractivity contribution in [2.75, 3.05) is 26.8 Å². The Morgan fingerprint density at radius 1 is 1.06 bits per heavy atom. The number of nitrogens with one attached hydrogen (secondary N) is 1. The Morgan fingerprint density at radius 3 is 2.44 bits per heavy atom. The van der Waals surface area contributed by atoms with E-state index in [1.54, 1.807) is 7.11 Å². The van der Waals surface area contributed by atoms with E-state index < -0.39 is 0 Å². The molecule has 1 atom stereocenters. The van der Waals surface area contributed by atoms with Crippen LogP contribution < -0.4 is 5.32 Å². The zero-order valence-electron chi connectivity index (χ0n) is 11.6. The molecule has 0 saturated carbocycles. The van der Waals surface area contributed by atoms with Gasteiger partial charge in [-0.15, -0.1) is 0 Å². The zero-order chi connectivity index (χ0) is 12.1. The molecule has 1 N–H and O–H groups in total. The molecule has 0 aromatic heterocycles. The van der Waals surface area contributed by atoms with Crippen LogP contribution in [0, 0.1) is 5.92 Å². The van der Waals surface area contributed by atoms with Crippen LogP contribution in [0.3, 0.4) is 0 Å². The minimum atomic E-state index is 0.826. The zero-order valence-corrected chi connectivity index (χ0v) is 11.6. The highest BCUT2D eigenvalue weighted by atomic mass is 16.5. The quantitative estimate of drug-likeness (QED) is 0.516. The second-order valence-corrected chi connectivity index (χ2v) is 4.67. The van der Waals surface area contributed by atoms with Crippen molar-refractivity contribution in [3.63, 3.8) is 0 Å². The highest BCUT2D eigenvalue weighted by Crippen LogP contribution is 2.13. The number of methoxy groups -OCH3 is 1. The molecule has 0 amide bonds. The lowest BCUT2D eigenvalue weighted by molar-refractivity contribution is 0.197. The van der Waals surface area contributed by atoms with E-state index in [9.17, 15) is 0 Å². The monoisotopic (exact) mass is 229 g/mol. The first-order valence-electron chi connectivity index (χ1n) is 7.04. The minimum absolute atomic E-state index is 0.826. The predicted molar refractivity (Wildman–Crippen MR) is 71.9 cm³/mol. The van der Waals surface area contributed by atoms with Crippen LogP contribution in [0.15, 0.2) is 0 Å². The standard InChI is InChI=1S/C14H31NO/c1-4-6-7-8-9-10-14(5-2)13-15-11-12-16-3/h14-15H,4-13H2,1-3H3. The summed E-state index contributed by atoms with van der Waals surface area (Å²) in [4.78, 5) is 0. The van der Waals surface area contributed by atoms with Crippen molar-refractivity contribution in [1.29, 1.82) is 0 Å². The van der Waals surface area contributed by atoms with Gasteiger partial charge >= 0.3 is 0 Å². The molecule has 98 valence electrons. The summed E-state index contributed by atoms with van der Waals surface area (Å²) in [7, 11) is 1.76. The van der Waals surface area contributed by atoms with Crippen molar-refractivity contribution in [3.8, 4) is 0 Å². The molecule has 0 aliphatic heterocycles. The van der Waals surface area contributed by atoms with Gasteiger partial charge in [0.05, 0.1) is 6.61 Å². The molecule has 0 saturated heterocycles. The molecule has 0 aliphatic rings. The van der Waals surface area contributed by atoms with Crippen LogP contribution in [0.4, 0.5) is 0 Å². The van der Waals surface area contributed by atoms with Gasteiger partial charge in [-0.25, -0.2) is 0 Å². The molecular formula is C14H31NO. The lowest BCUT2D eigenvalue weighted by Crippen LogP contribution is -2.25. The fraction of sp³-hybridized carbons (Fsp3) is 1.00. The molecule has 0 fully saturated rings. The first-order chi connectivity index (χ1) is 7.85. The molecule has 0 radical (unpaired) electrons. The number of unbranched alkanes of at least 4 members (excludes halogenated alkanes) is 4. The van der Waals surface area contributed by atoms with Crippen LogP contribution in [0.25, 0.3) is 0 Å². The maximum atomic E-state index is 5.02. The first kappa shape index (κ1) is 15.9. The topological polar surface area (TPSA) is 21.3 Å². The fourth-order valence-corrected chi connectivity index (χ4v) is 1.97. The van der Waals surface area contributed by atoms with E-state index in [-0.39, 0.29) is 0 Å². The van der Waals surface area contributed by atoms with Gasteiger partial charge < -0.3 is 10.1 Å². The summed E-state index contributed by atoms with van der Waals surface area (Å²) >= 11 is 0. The van der Waals surface area contributed by atoms with E-state index in [2.05, 4.69) is 19.2 Å². The second kappa shape index (κ2) is 13.0. The Hall–Kier alpha value is -0.0800. The summed E-state index contributed by atoms with van der Waals surface area (Å²) in [6, 6.07) is 0. The van der Waals surface area contributed by atoms with Gasteiger partial charge in [-0.05, 0) is 18.9 Å². The van der Waals surface area contributed by atoms with Crippen LogP contribution in [0.1, 0.15) is 58.8 Å². The first-order valence-corrected chi connectivity index (χ1v) is 7.04. The van der Waals surface area contributed by atoms with Gasteiger partial charge in [0, 0.05) is 13.7 Å². The fourth-order valence-electron chi connectivity index (χ4n) is 1.97. The van der Waals surface area contributed by atoms with Crippen molar-refractivity contribution in [3.05, 3.63) is 0 Å². The van der Waals surface area contributed by atoms with Gasteiger partial charge in [-0.2, -0.15) is 0 Å². The third kappa shape index (κ3) is 10.4. The minimum Gasteiger partial charge on any atom is -0.383 e. The lowest BCUT2D eigenvalue weighted by Gasteiger charge is -2.15. The second-order valence-electron chi connectivity index (χ2n) is 4.67. The van der Waals surface area contributed by atoms with Crippen LogP contribution in [0.5, 0.6) is 0 Å². The molecule has 2 heteroatoms. The van der Waals surface area contributed by atoms with E-state index in [1.165, 1.54) is 44.9 Å². The summed E-state index contributed by atoms with van der Waals surface area (Å²) in [5.74, 6) is 0.860. The van der Waals surface area contributed by atoms with Crippen LogP contribution in [0.2, 0.25) is 0 Å². The van der Waals surface area contributed by atoms with Crippen LogP contribution >= 0.6 is 0 Å². The average molecular weight is 229 g/mol. The van der Waals surface area contributed by atoms with Gasteiger partial charge in [0.1, 0.15) is 0 Å². The highest BCUT2D eigenvalue weighted by Gasteiger charge is 2.04. The highest BCUT2D eigenvalue weighted by molar-refractivity contribution is 4.61. The van der Waals surface area contributed by atoms with E-state index in [4.69, 9.17) is 4.74 Å². The molecule has 0 spiro atoms. The third-order valence-electron chi connectivity index (χ3n) is 3.21. The summed E-state index contributed by atoms with van der Waals surface area (Å²) in [5, 5.41) is 3.46. The Morgan fingerprint density at radius 2 is 1.81 bits per heavy atom. The summed E-state index contributed by atoms with van der Waals surface area (Å²) in [6.07, 6.45) is 9.68. The molecule has 0 aliphatic carbocycles. The summed E-state index contributed by atoms with van der Waals surface area (Å²) in [5.41, 5.74) is 0. The lowest BCUT2D eigenvalue weighted by atomic mass is 9.98. The molecule has 1 unspecified atom stereocenters. The van der Waals surface area contributed by atoms with Crippen molar-refractivity contribution < 1.29 is 4.74 Å².